The molecule has 0 saturated carbocycles. The molecule has 1 aliphatic rings. The Morgan fingerprint density at radius 3 is 2.45 bits per heavy atom. The Balaban J connectivity index is 2.28. The third-order valence-electron chi connectivity index (χ3n) is 3.38. The predicted molar refractivity (Wildman–Crippen MR) is 76.3 cm³/mol. The van der Waals surface area contributed by atoms with Gasteiger partial charge >= 0.3 is 6.09 Å². The zero-order valence-electron chi connectivity index (χ0n) is 12.5. The van der Waals surface area contributed by atoms with Crippen LogP contribution in [0.25, 0.3) is 0 Å². The summed E-state index contributed by atoms with van der Waals surface area (Å²) in [6.45, 7) is 6.50. The van der Waals surface area contributed by atoms with Crippen LogP contribution in [0.3, 0.4) is 0 Å². The molecule has 0 aliphatic carbocycles. The number of carbonyl (C=O) groups excluding carboxylic acids is 2. The molecule has 1 fully saturated rings. The minimum absolute atomic E-state index is 0.100. The van der Waals surface area contributed by atoms with Crippen molar-refractivity contribution < 1.29 is 14.3 Å². The van der Waals surface area contributed by atoms with Crippen molar-refractivity contribution in [2.45, 2.75) is 13.3 Å². The maximum absolute atomic E-state index is 12.0. The lowest BCUT2D eigenvalue weighted by Crippen LogP contribution is -2.51. The van der Waals surface area contributed by atoms with Gasteiger partial charge in [0.1, 0.15) is 0 Å². The van der Waals surface area contributed by atoms with Crippen molar-refractivity contribution in [3.8, 4) is 0 Å². The van der Waals surface area contributed by atoms with Gasteiger partial charge < -0.3 is 20.3 Å². The number of hydrogen-bond acceptors (Lipinski definition) is 5. The van der Waals surface area contributed by atoms with E-state index in [9.17, 15) is 9.59 Å². The smallest absolute Gasteiger partial charge is 0.409 e. The van der Waals surface area contributed by atoms with Gasteiger partial charge in [-0.05, 0) is 19.9 Å². The summed E-state index contributed by atoms with van der Waals surface area (Å²) in [6.07, 6.45) is 0.553. The van der Waals surface area contributed by atoms with Gasteiger partial charge in [0.05, 0.1) is 13.2 Å². The molecule has 0 unspecified atom stereocenters. The molecule has 20 heavy (non-hydrogen) atoms. The number of likely N-dealkylation sites (N-methyl/N-ethyl adjacent to an activating group) is 1. The fourth-order valence-corrected chi connectivity index (χ4v) is 2.07. The van der Waals surface area contributed by atoms with Gasteiger partial charge in [-0.3, -0.25) is 9.69 Å². The van der Waals surface area contributed by atoms with Crippen LogP contribution in [0.15, 0.2) is 0 Å². The van der Waals surface area contributed by atoms with Gasteiger partial charge in [-0.15, -0.1) is 0 Å². The summed E-state index contributed by atoms with van der Waals surface area (Å²) in [7, 11) is 1.80. The number of hydrogen-bond donors (Lipinski definition) is 1. The first kappa shape index (κ1) is 16.7. The van der Waals surface area contributed by atoms with E-state index in [1.807, 2.05) is 0 Å². The highest BCUT2D eigenvalue weighted by Crippen LogP contribution is 2.04. The Hall–Kier alpha value is -1.34. The topological polar surface area (TPSA) is 79.1 Å². The van der Waals surface area contributed by atoms with E-state index in [0.717, 1.165) is 6.42 Å². The first-order valence-electron chi connectivity index (χ1n) is 7.16. The van der Waals surface area contributed by atoms with Crippen molar-refractivity contribution in [2.24, 2.45) is 5.73 Å². The molecule has 1 aliphatic heterocycles. The van der Waals surface area contributed by atoms with E-state index in [1.54, 1.807) is 23.8 Å². The summed E-state index contributed by atoms with van der Waals surface area (Å²) in [5.74, 6) is 0.100. The maximum Gasteiger partial charge on any atom is 0.409 e. The maximum atomic E-state index is 12.0. The first-order chi connectivity index (χ1) is 9.58. The molecule has 7 heteroatoms. The molecule has 0 radical (unpaired) electrons. The number of nitrogens with zero attached hydrogens (tertiary/aromatic N) is 3. The van der Waals surface area contributed by atoms with Gasteiger partial charge in [0.25, 0.3) is 0 Å². The van der Waals surface area contributed by atoms with Crippen molar-refractivity contribution in [1.82, 2.24) is 14.7 Å². The van der Waals surface area contributed by atoms with E-state index in [-0.39, 0.29) is 12.0 Å². The van der Waals surface area contributed by atoms with Gasteiger partial charge in [-0.25, -0.2) is 4.79 Å². The van der Waals surface area contributed by atoms with Crippen molar-refractivity contribution in [3.05, 3.63) is 0 Å². The summed E-state index contributed by atoms with van der Waals surface area (Å²) in [5.41, 5.74) is 5.43. The van der Waals surface area contributed by atoms with E-state index in [1.165, 1.54) is 0 Å². The number of amides is 2. The predicted octanol–water partition coefficient (Wildman–Crippen LogP) is -0.432. The standard InChI is InChI=1S/C13H26N4O3/c1-3-20-13(19)17-9-7-16(8-10-17)11-12(18)15(2)6-4-5-14/h3-11,14H2,1-2H3. The zero-order valence-corrected chi connectivity index (χ0v) is 12.5. The zero-order chi connectivity index (χ0) is 15.0. The monoisotopic (exact) mass is 286 g/mol. The number of nitrogens with two attached hydrogens (primary N) is 1. The van der Waals surface area contributed by atoms with Gasteiger partial charge in [0.15, 0.2) is 0 Å². The summed E-state index contributed by atoms with van der Waals surface area (Å²) >= 11 is 0. The number of piperazine rings is 1. The van der Waals surface area contributed by atoms with Crippen LogP contribution < -0.4 is 5.73 Å². The number of ether oxygens (including phenoxy) is 1. The fraction of sp³-hybridized carbons (Fsp3) is 0.846. The SMILES string of the molecule is CCOC(=O)N1CCN(CC(=O)N(C)CCCN)CC1. The second-order valence-corrected chi connectivity index (χ2v) is 4.92. The molecular formula is C13H26N4O3. The molecule has 0 aromatic rings. The molecule has 7 nitrogen and oxygen atoms in total. The van der Waals surface area contributed by atoms with Crippen LogP contribution in [0.2, 0.25) is 0 Å². The molecule has 0 bridgehead atoms. The van der Waals surface area contributed by atoms with Crippen molar-refractivity contribution in [1.29, 1.82) is 0 Å². The minimum Gasteiger partial charge on any atom is -0.450 e. The normalized spacial score (nSPS) is 16.1. The number of carbonyl (C=O) groups is 2. The van der Waals surface area contributed by atoms with Crippen LogP contribution in [-0.2, 0) is 9.53 Å². The highest BCUT2D eigenvalue weighted by atomic mass is 16.6. The van der Waals surface area contributed by atoms with Gasteiger partial charge in [-0.2, -0.15) is 0 Å². The second-order valence-electron chi connectivity index (χ2n) is 4.92. The Kier molecular flexibility index (Phi) is 7.32. The lowest BCUT2D eigenvalue weighted by molar-refractivity contribution is -0.131. The average molecular weight is 286 g/mol. The summed E-state index contributed by atoms with van der Waals surface area (Å²) in [5, 5.41) is 0. The third-order valence-corrected chi connectivity index (χ3v) is 3.38. The first-order valence-corrected chi connectivity index (χ1v) is 7.16. The summed E-state index contributed by atoms with van der Waals surface area (Å²) < 4.78 is 4.96. The molecule has 1 saturated heterocycles. The fourth-order valence-electron chi connectivity index (χ4n) is 2.07. The summed E-state index contributed by atoms with van der Waals surface area (Å²) in [4.78, 5) is 29.0. The highest BCUT2D eigenvalue weighted by Gasteiger charge is 2.23. The van der Waals surface area contributed by atoms with E-state index in [0.29, 0.717) is 52.4 Å². The quantitative estimate of drug-likeness (QED) is 0.716. The molecule has 0 atom stereocenters. The van der Waals surface area contributed by atoms with E-state index < -0.39 is 0 Å². The lowest BCUT2D eigenvalue weighted by atomic mass is 10.3. The van der Waals surface area contributed by atoms with Gasteiger partial charge in [0.2, 0.25) is 5.91 Å². The Morgan fingerprint density at radius 1 is 1.25 bits per heavy atom. The van der Waals surface area contributed by atoms with Crippen LogP contribution in [0.1, 0.15) is 13.3 Å². The van der Waals surface area contributed by atoms with Crippen molar-refractivity contribution >= 4 is 12.0 Å². The van der Waals surface area contributed by atoms with E-state index >= 15 is 0 Å². The molecular weight excluding hydrogens is 260 g/mol. The van der Waals surface area contributed by atoms with Crippen LogP contribution in [0.4, 0.5) is 4.79 Å². The molecule has 116 valence electrons. The molecule has 2 N–H and O–H groups in total. The highest BCUT2D eigenvalue weighted by molar-refractivity contribution is 5.78. The summed E-state index contributed by atoms with van der Waals surface area (Å²) in [6, 6.07) is 0. The Bertz CT molecular complexity index is 317. The number of rotatable bonds is 6. The van der Waals surface area contributed by atoms with Gasteiger partial charge in [0, 0.05) is 39.8 Å². The average Bonchev–Trinajstić information content (AvgIpc) is 2.45. The molecule has 2 amide bonds. The molecule has 1 rings (SSSR count). The van der Waals surface area contributed by atoms with Gasteiger partial charge in [-0.1, -0.05) is 0 Å². The van der Waals surface area contributed by atoms with Crippen molar-refractivity contribution in [2.75, 3.05) is 59.5 Å². The second kappa shape index (κ2) is 8.76. The minimum atomic E-state index is -0.265. The molecule has 0 aromatic carbocycles. The van der Waals surface area contributed by atoms with Crippen LogP contribution in [0, 0.1) is 0 Å². The molecule has 1 heterocycles. The van der Waals surface area contributed by atoms with E-state index in [2.05, 4.69) is 4.90 Å². The van der Waals surface area contributed by atoms with Crippen LogP contribution >= 0.6 is 0 Å². The Labute approximate surface area is 120 Å². The third kappa shape index (κ3) is 5.34. The van der Waals surface area contributed by atoms with Crippen molar-refractivity contribution in [3.63, 3.8) is 0 Å². The lowest BCUT2D eigenvalue weighted by Gasteiger charge is -2.34. The molecule has 0 spiro atoms. The van der Waals surface area contributed by atoms with Crippen LogP contribution in [0.5, 0.6) is 0 Å². The van der Waals surface area contributed by atoms with E-state index in [4.69, 9.17) is 10.5 Å². The Morgan fingerprint density at radius 2 is 1.90 bits per heavy atom. The van der Waals surface area contributed by atoms with Crippen LogP contribution in [-0.4, -0.2) is 86.2 Å². The largest absolute Gasteiger partial charge is 0.450 e. The molecule has 0 aromatic heterocycles.